The Kier molecular flexibility index (Phi) is 2.58. The van der Waals surface area contributed by atoms with Crippen LogP contribution in [0.4, 0.5) is 0 Å². The second-order valence-electron chi connectivity index (χ2n) is 2.32. The molecule has 1 atom stereocenters. The fraction of sp³-hybridized carbons (Fsp3) is 0.857. The van der Waals surface area contributed by atoms with Gasteiger partial charge in [-0.2, -0.15) is 11.8 Å². The maximum atomic E-state index is 11.0. The van der Waals surface area contributed by atoms with Crippen molar-refractivity contribution >= 4 is 17.5 Å². The normalized spacial score (nSPS) is 26.6. The minimum Gasteiger partial charge on any atom is -0.298 e. The first-order valence-electron chi connectivity index (χ1n) is 3.49. The first-order valence-corrected chi connectivity index (χ1v) is 4.53. The number of thioether (sulfide) groups is 1. The van der Waals surface area contributed by atoms with Gasteiger partial charge in [0.1, 0.15) is 5.78 Å². The number of hydrogen-bond donors (Lipinski definition) is 0. The molecule has 1 heterocycles. The standard InChI is InChI=1S/C7H12OS/c1-2-6(8)7-4-3-5-9-7/h7H,2-5H2,1H3. The SMILES string of the molecule is CCC(=O)C1CCCS1. The third-order valence-corrected chi connectivity index (χ3v) is 3.06. The molecule has 0 saturated carbocycles. The van der Waals surface area contributed by atoms with Crippen molar-refractivity contribution in [2.75, 3.05) is 5.75 Å². The molecule has 0 spiro atoms. The minimum atomic E-state index is 0.356. The lowest BCUT2D eigenvalue weighted by molar-refractivity contribution is -0.118. The predicted octanol–water partition coefficient (Wildman–Crippen LogP) is 1.86. The van der Waals surface area contributed by atoms with E-state index >= 15 is 0 Å². The third-order valence-electron chi connectivity index (χ3n) is 1.64. The monoisotopic (exact) mass is 144 g/mol. The Morgan fingerprint density at radius 2 is 2.56 bits per heavy atom. The second kappa shape index (κ2) is 3.25. The predicted molar refractivity (Wildman–Crippen MR) is 40.8 cm³/mol. The molecule has 2 heteroatoms. The molecule has 1 fully saturated rings. The molecule has 0 bridgehead atoms. The fourth-order valence-corrected chi connectivity index (χ4v) is 2.36. The van der Waals surface area contributed by atoms with E-state index in [9.17, 15) is 4.79 Å². The van der Waals surface area contributed by atoms with Crippen molar-refractivity contribution in [2.24, 2.45) is 0 Å². The molecule has 9 heavy (non-hydrogen) atoms. The van der Waals surface area contributed by atoms with Gasteiger partial charge >= 0.3 is 0 Å². The van der Waals surface area contributed by atoms with E-state index in [0.717, 1.165) is 12.8 Å². The summed E-state index contributed by atoms with van der Waals surface area (Å²) in [4.78, 5) is 11.0. The third kappa shape index (κ3) is 1.71. The largest absolute Gasteiger partial charge is 0.298 e. The summed E-state index contributed by atoms with van der Waals surface area (Å²) in [6.45, 7) is 1.95. The average molecular weight is 144 g/mol. The highest BCUT2D eigenvalue weighted by molar-refractivity contribution is 8.00. The summed E-state index contributed by atoms with van der Waals surface area (Å²) in [5.41, 5.74) is 0. The number of carbonyl (C=O) groups is 1. The maximum Gasteiger partial charge on any atom is 0.145 e. The van der Waals surface area contributed by atoms with Crippen molar-refractivity contribution < 1.29 is 4.79 Å². The van der Waals surface area contributed by atoms with E-state index in [-0.39, 0.29) is 0 Å². The van der Waals surface area contributed by atoms with Crippen molar-refractivity contribution in [3.8, 4) is 0 Å². The number of hydrogen-bond acceptors (Lipinski definition) is 2. The van der Waals surface area contributed by atoms with Crippen molar-refractivity contribution in [3.63, 3.8) is 0 Å². The molecule has 1 saturated heterocycles. The van der Waals surface area contributed by atoms with Gasteiger partial charge in [0.25, 0.3) is 0 Å². The molecule has 1 aliphatic rings. The first kappa shape index (κ1) is 7.13. The summed E-state index contributed by atoms with van der Waals surface area (Å²) >= 11 is 1.83. The van der Waals surface area contributed by atoms with Gasteiger partial charge in [0.05, 0.1) is 5.25 Å². The molecule has 1 aliphatic heterocycles. The van der Waals surface area contributed by atoms with Crippen LogP contribution in [-0.2, 0) is 4.79 Å². The number of Topliss-reactive ketones (excluding diaryl/α,β-unsaturated/α-hetero) is 1. The van der Waals surface area contributed by atoms with Gasteiger partial charge in [-0.3, -0.25) is 4.79 Å². The van der Waals surface area contributed by atoms with Crippen LogP contribution < -0.4 is 0 Å². The molecule has 1 rings (SSSR count). The van der Waals surface area contributed by atoms with Crippen LogP contribution in [-0.4, -0.2) is 16.8 Å². The van der Waals surface area contributed by atoms with Crippen LogP contribution in [0.1, 0.15) is 26.2 Å². The molecule has 0 N–H and O–H groups in total. The van der Waals surface area contributed by atoms with E-state index in [1.807, 2.05) is 18.7 Å². The molecular formula is C7H12OS. The Morgan fingerprint density at radius 1 is 1.78 bits per heavy atom. The topological polar surface area (TPSA) is 17.1 Å². The van der Waals surface area contributed by atoms with Crippen LogP contribution >= 0.6 is 11.8 Å². The van der Waals surface area contributed by atoms with E-state index in [4.69, 9.17) is 0 Å². The van der Waals surface area contributed by atoms with E-state index in [2.05, 4.69) is 0 Å². The van der Waals surface area contributed by atoms with Crippen molar-refractivity contribution in [3.05, 3.63) is 0 Å². The lowest BCUT2D eigenvalue weighted by Crippen LogP contribution is -2.11. The number of rotatable bonds is 2. The Balaban J connectivity index is 2.32. The highest BCUT2D eigenvalue weighted by Gasteiger charge is 2.20. The molecule has 0 aliphatic carbocycles. The van der Waals surface area contributed by atoms with Crippen LogP contribution in [0.2, 0.25) is 0 Å². The van der Waals surface area contributed by atoms with E-state index in [1.165, 1.54) is 12.2 Å². The molecule has 0 radical (unpaired) electrons. The summed E-state index contributed by atoms with van der Waals surface area (Å²) in [7, 11) is 0. The van der Waals surface area contributed by atoms with Crippen LogP contribution in [0.15, 0.2) is 0 Å². The number of ketones is 1. The van der Waals surface area contributed by atoms with E-state index < -0.39 is 0 Å². The molecule has 0 aromatic rings. The molecule has 0 aromatic carbocycles. The molecular weight excluding hydrogens is 132 g/mol. The van der Waals surface area contributed by atoms with Crippen molar-refractivity contribution in [2.45, 2.75) is 31.4 Å². The second-order valence-corrected chi connectivity index (χ2v) is 3.63. The Labute approximate surface area is 60.2 Å². The fourth-order valence-electron chi connectivity index (χ4n) is 1.06. The molecule has 0 amide bonds. The maximum absolute atomic E-state index is 11.0. The van der Waals surface area contributed by atoms with Crippen LogP contribution in [0.5, 0.6) is 0 Å². The van der Waals surface area contributed by atoms with Gasteiger partial charge in [-0.1, -0.05) is 6.92 Å². The zero-order chi connectivity index (χ0) is 6.69. The van der Waals surface area contributed by atoms with Gasteiger partial charge in [0, 0.05) is 6.42 Å². The van der Waals surface area contributed by atoms with E-state index in [0.29, 0.717) is 11.0 Å². The quantitative estimate of drug-likeness (QED) is 0.588. The van der Waals surface area contributed by atoms with Gasteiger partial charge in [-0.15, -0.1) is 0 Å². The Bertz CT molecular complexity index is 105. The zero-order valence-corrected chi connectivity index (χ0v) is 6.54. The van der Waals surface area contributed by atoms with Gasteiger partial charge in [0.15, 0.2) is 0 Å². The minimum absolute atomic E-state index is 0.356. The lowest BCUT2D eigenvalue weighted by Gasteiger charge is -2.02. The average Bonchev–Trinajstić information content (AvgIpc) is 2.37. The van der Waals surface area contributed by atoms with Crippen LogP contribution in [0, 0.1) is 0 Å². The summed E-state index contributed by atoms with van der Waals surface area (Å²) in [6.07, 6.45) is 3.08. The van der Waals surface area contributed by atoms with Gasteiger partial charge in [0.2, 0.25) is 0 Å². The Hall–Kier alpha value is 0.0200. The smallest absolute Gasteiger partial charge is 0.145 e. The molecule has 1 nitrogen and oxygen atoms in total. The Morgan fingerprint density at radius 3 is 3.00 bits per heavy atom. The lowest BCUT2D eigenvalue weighted by atomic mass is 10.1. The van der Waals surface area contributed by atoms with E-state index in [1.54, 1.807) is 0 Å². The van der Waals surface area contributed by atoms with Crippen molar-refractivity contribution in [1.82, 2.24) is 0 Å². The van der Waals surface area contributed by atoms with Gasteiger partial charge in [-0.25, -0.2) is 0 Å². The summed E-state index contributed by atoms with van der Waals surface area (Å²) < 4.78 is 0. The van der Waals surface area contributed by atoms with Crippen LogP contribution in [0.25, 0.3) is 0 Å². The summed E-state index contributed by atoms with van der Waals surface area (Å²) in [5.74, 6) is 1.63. The molecule has 0 aromatic heterocycles. The summed E-state index contributed by atoms with van der Waals surface area (Å²) in [6, 6.07) is 0. The number of carbonyl (C=O) groups excluding carboxylic acids is 1. The highest BCUT2D eigenvalue weighted by atomic mass is 32.2. The zero-order valence-electron chi connectivity index (χ0n) is 5.72. The first-order chi connectivity index (χ1) is 4.34. The molecule has 52 valence electrons. The van der Waals surface area contributed by atoms with Gasteiger partial charge < -0.3 is 0 Å². The van der Waals surface area contributed by atoms with Crippen LogP contribution in [0.3, 0.4) is 0 Å². The van der Waals surface area contributed by atoms with Gasteiger partial charge in [-0.05, 0) is 18.6 Å². The summed E-state index contributed by atoms with van der Waals surface area (Å²) in [5, 5.41) is 0.356. The molecule has 1 unspecified atom stereocenters. The van der Waals surface area contributed by atoms with Crippen molar-refractivity contribution in [1.29, 1.82) is 0 Å². The highest BCUT2D eigenvalue weighted by Crippen LogP contribution is 2.27.